The molecule has 210 valence electrons. The second-order valence-corrected chi connectivity index (χ2v) is 9.94. The molecule has 1 saturated heterocycles. The highest BCUT2D eigenvalue weighted by Crippen LogP contribution is 2.41. The Hall–Kier alpha value is -3.37. The number of β-lactam (4-membered cyclic amide) rings is 1. The molecule has 16 heteroatoms. The summed E-state index contributed by atoms with van der Waals surface area (Å²) in [5.41, 5.74) is 6.15. The number of rotatable bonds is 10. The monoisotopic (exact) mass is 573 g/mol. The van der Waals surface area contributed by atoms with Gasteiger partial charge in [-0.1, -0.05) is 12.6 Å². The van der Waals surface area contributed by atoms with E-state index in [9.17, 15) is 19.2 Å². The quantitative estimate of drug-likeness (QED) is 0.135. The van der Waals surface area contributed by atoms with Crippen LogP contribution in [0.2, 0.25) is 0 Å². The summed E-state index contributed by atoms with van der Waals surface area (Å²) in [6.45, 7) is 4.68. The number of hydrogen-bond donors (Lipinski definition) is 2. The smallest absolute Gasteiger partial charge is 0.431 e. The largest absolute Gasteiger partial charge is 0.511 e. The van der Waals surface area contributed by atoms with Gasteiger partial charge in [-0.15, -0.1) is 23.1 Å². The maximum Gasteiger partial charge on any atom is 0.511 e. The molecule has 3 atom stereocenters. The lowest BCUT2D eigenvalue weighted by atomic mass is 10.0. The van der Waals surface area contributed by atoms with E-state index in [2.05, 4.69) is 15.5 Å². The number of methoxy groups -OCH3 is 1. The second kappa shape index (κ2) is 13.4. The first-order valence-corrected chi connectivity index (χ1v) is 12.9. The molecule has 1 aromatic rings. The minimum Gasteiger partial charge on any atom is -0.431 e. The van der Waals surface area contributed by atoms with E-state index in [1.807, 2.05) is 0 Å². The number of aromatic nitrogens is 1. The lowest BCUT2D eigenvalue weighted by molar-refractivity contribution is -0.169. The summed E-state index contributed by atoms with van der Waals surface area (Å²) in [4.78, 5) is 60.8. The lowest BCUT2D eigenvalue weighted by Crippen LogP contribution is -2.71. The van der Waals surface area contributed by atoms with Gasteiger partial charge in [0.1, 0.15) is 29.9 Å². The highest BCUT2D eigenvalue weighted by atomic mass is 32.2. The van der Waals surface area contributed by atoms with Crippen molar-refractivity contribution < 1.29 is 43.0 Å². The van der Waals surface area contributed by atoms with Crippen LogP contribution in [0, 0.1) is 0 Å². The molecule has 3 unspecified atom stereocenters. The number of carbonyl (C=O) groups excluding carboxylic acids is 4. The van der Waals surface area contributed by atoms with Crippen LogP contribution >= 0.6 is 23.1 Å². The van der Waals surface area contributed by atoms with Gasteiger partial charge in [-0.05, 0) is 19.4 Å². The third-order valence-electron chi connectivity index (χ3n) is 4.88. The van der Waals surface area contributed by atoms with E-state index >= 15 is 0 Å². The van der Waals surface area contributed by atoms with Crippen molar-refractivity contribution >= 4 is 57.9 Å². The summed E-state index contributed by atoms with van der Waals surface area (Å²) in [6, 6.07) is -0.961. The van der Waals surface area contributed by atoms with Gasteiger partial charge in [-0.3, -0.25) is 14.5 Å². The van der Waals surface area contributed by atoms with Gasteiger partial charge >= 0.3 is 12.1 Å². The number of esters is 1. The van der Waals surface area contributed by atoms with Gasteiger partial charge in [0.25, 0.3) is 11.8 Å². The van der Waals surface area contributed by atoms with Crippen molar-refractivity contribution in [1.82, 2.24) is 15.2 Å². The highest BCUT2D eigenvalue weighted by Gasteiger charge is 2.55. The van der Waals surface area contributed by atoms with Crippen LogP contribution in [-0.4, -0.2) is 89.9 Å². The number of nitrogens with zero attached hydrogens (tertiary/aromatic N) is 3. The predicted molar refractivity (Wildman–Crippen MR) is 139 cm³/mol. The summed E-state index contributed by atoms with van der Waals surface area (Å²) in [6.07, 6.45) is -2.71. The molecule has 0 aliphatic carbocycles. The first-order chi connectivity index (χ1) is 17.6. The molecule has 1 fully saturated rings. The second-order valence-electron chi connectivity index (χ2n) is 7.95. The zero-order valence-electron chi connectivity index (χ0n) is 20.7. The van der Waals surface area contributed by atoms with Crippen molar-refractivity contribution in [3.63, 3.8) is 0 Å². The van der Waals surface area contributed by atoms with Gasteiger partial charge in [0, 0.05) is 25.2 Å². The van der Waals surface area contributed by atoms with E-state index in [4.69, 9.17) is 29.5 Å². The van der Waals surface area contributed by atoms with E-state index in [0.717, 1.165) is 11.3 Å². The van der Waals surface area contributed by atoms with E-state index < -0.39 is 47.7 Å². The minimum absolute atomic E-state index is 0. The Labute approximate surface area is 227 Å². The highest BCUT2D eigenvalue weighted by molar-refractivity contribution is 8.00. The number of oxime groups is 1. The molecule has 3 heterocycles. The molecular weight excluding hydrogens is 542 g/mol. The third kappa shape index (κ3) is 6.93. The zero-order valence-corrected chi connectivity index (χ0v) is 22.3. The average Bonchev–Trinajstić information content (AvgIpc) is 3.25. The number of thioether (sulfide) groups is 1. The minimum atomic E-state index is -1.28. The van der Waals surface area contributed by atoms with Crippen molar-refractivity contribution in [1.29, 1.82) is 0 Å². The Bertz CT molecular complexity index is 1120. The van der Waals surface area contributed by atoms with Crippen LogP contribution in [0.3, 0.4) is 0 Å². The summed E-state index contributed by atoms with van der Waals surface area (Å²) < 4.78 is 20.2. The number of nitrogens with one attached hydrogen (secondary N) is 1. The van der Waals surface area contributed by atoms with Crippen LogP contribution in [0.15, 0.2) is 21.8 Å². The predicted octanol–water partition coefficient (Wildman–Crippen LogP) is 1.46. The Morgan fingerprint density at radius 2 is 1.95 bits per heavy atom. The van der Waals surface area contributed by atoms with E-state index in [1.165, 1.54) is 43.2 Å². The fraction of sp³-hybridized carbons (Fsp3) is 0.545. The summed E-state index contributed by atoms with van der Waals surface area (Å²) in [7, 11) is 2.71. The normalized spacial score (nSPS) is 19.6. The first-order valence-electron chi connectivity index (χ1n) is 10.9. The standard InChI is InChI=1S/C21H27N5O9S2.CH4/c1-9(2)33-21(30)35-10(3)34-19(29)15-11(6-31-4)7-36-18-14(17(28)26(15)18)24-16(27)13(25-32-5)12-8-37-20(22)23-12;/h8-10,14,18H,6-7H2,1-5H3,(H2,22,23)(H,24,27);1H4/b25-13-;. The molecule has 3 rings (SSSR count). The number of thiazole rings is 1. The van der Waals surface area contributed by atoms with Gasteiger partial charge in [-0.2, -0.15) is 0 Å². The van der Waals surface area contributed by atoms with Crippen molar-refractivity contribution in [2.45, 2.75) is 52.0 Å². The number of amides is 2. The number of anilines is 1. The van der Waals surface area contributed by atoms with Gasteiger partial charge in [-0.25, -0.2) is 14.6 Å². The Kier molecular flexibility index (Phi) is 10.9. The Morgan fingerprint density at radius 3 is 2.53 bits per heavy atom. The number of nitrogens with two attached hydrogens (primary N) is 1. The molecule has 0 radical (unpaired) electrons. The molecule has 0 aromatic carbocycles. The van der Waals surface area contributed by atoms with Gasteiger partial charge in [0.2, 0.25) is 6.29 Å². The lowest BCUT2D eigenvalue weighted by Gasteiger charge is -2.49. The van der Waals surface area contributed by atoms with E-state index in [-0.39, 0.29) is 36.3 Å². The average molecular weight is 574 g/mol. The maximum atomic E-state index is 13.1. The molecule has 2 amide bonds. The number of hydrogen-bond acceptors (Lipinski definition) is 14. The third-order valence-corrected chi connectivity index (χ3v) is 6.89. The van der Waals surface area contributed by atoms with Crippen LogP contribution < -0.4 is 11.1 Å². The number of carbonyl (C=O) groups is 4. The molecule has 0 spiro atoms. The molecule has 1 aromatic heterocycles. The van der Waals surface area contributed by atoms with E-state index in [0.29, 0.717) is 11.3 Å². The van der Waals surface area contributed by atoms with Gasteiger partial charge in [0.15, 0.2) is 10.8 Å². The van der Waals surface area contributed by atoms with Gasteiger partial charge in [0.05, 0.1) is 12.7 Å². The molecule has 38 heavy (non-hydrogen) atoms. The molecule has 0 saturated carbocycles. The maximum absolute atomic E-state index is 13.1. The van der Waals surface area contributed by atoms with Crippen molar-refractivity contribution in [3.8, 4) is 0 Å². The van der Waals surface area contributed by atoms with Crippen LogP contribution in [0.1, 0.15) is 33.9 Å². The van der Waals surface area contributed by atoms with Crippen LogP contribution in [0.4, 0.5) is 9.93 Å². The van der Waals surface area contributed by atoms with Crippen molar-refractivity contribution in [2.24, 2.45) is 5.16 Å². The fourth-order valence-electron chi connectivity index (χ4n) is 3.45. The zero-order chi connectivity index (χ0) is 27.3. The van der Waals surface area contributed by atoms with Crippen LogP contribution in [0.5, 0.6) is 0 Å². The molecule has 2 aliphatic heterocycles. The Morgan fingerprint density at radius 1 is 1.24 bits per heavy atom. The van der Waals surface area contributed by atoms with Crippen molar-refractivity contribution in [3.05, 3.63) is 22.3 Å². The van der Waals surface area contributed by atoms with Crippen LogP contribution in [-0.2, 0) is 38.2 Å². The fourth-order valence-corrected chi connectivity index (χ4v) is 5.32. The number of nitrogen functional groups attached to an aromatic ring is 1. The molecule has 0 bridgehead atoms. The topological polar surface area (TPSA) is 181 Å². The van der Waals surface area contributed by atoms with Gasteiger partial charge < -0.3 is 34.8 Å². The Balaban J connectivity index is 0.00000507. The van der Waals surface area contributed by atoms with Crippen LogP contribution in [0.25, 0.3) is 0 Å². The molecular formula is C22H31N5O9S2. The SMILES string of the molecule is C.COCC1=C(C(=O)OC(C)OC(=O)OC(C)C)N2C(=O)C(NC(=O)/C(=N\OC)c3csc(N)n3)C2SC1. The first kappa shape index (κ1) is 30.9. The summed E-state index contributed by atoms with van der Waals surface area (Å²) in [5, 5.41) is 7.49. The molecule has 2 aliphatic rings. The number of ether oxygens (including phenoxy) is 4. The van der Waals surface area contributed by atoms with Crippen molar-refractivity contribution in [2.75, 3.05) is 32.3 Å². The molecule has 3 N–H and O–H groups in total. The summed E-state index contributed by atoms with van der Waals surface area (Å²) in [5.74, 6) is -1.81. The molecule has 14 nitrogen and oxygen atoms in total. The summed E-state index contributed by atoms with van der Waals surface area (Å²) >= 11 is 2.45. The van der Waals surface area contributed by atoms with E-state index in [1.54, 1.807) is 13.8 Å². The number of fused-ring (bicyclic) bond motifs is 1.